The first-order valence-corrected chi connectivity index (χ1v) is 9.60. The molecule has 1 rings (SSSR count). The summed E-state index contributed by atoms with van der Waals surface area (Å²) in [6.45, 7) is 2.00. The number of rotatable bonds is 5. The summed E-state index contributed by atoms with van der Waals surface area (Å²) in [6.07, 6.45) is 1.80. The molecule has 0 amide bonds. The van der Waals surface area contributed by atoms with E-state index in [9.17, 15) is 21.6 Å². The van der Waals surface area contributed by atoms with Crippen molar-refractivity contribution in [2.24, 2.45) is 5.92 Å². The van der Waals surface area contributed by atoms with Crippen molar-refractivity contribution < 1.29 is 26.7 Å². The van der Waals surface area contributed by atoms with E-state index in [1.807, 2.05) is 6.92 Å². The van der Waals surface area contributed by atoms with Crippen molar-refractivity contribution in [1.29, 1.82) is 0 Å². The Bertz CT molecular complexity index is 538. The van der Waals surface area contributed by atoms with E-state index < -0.39 is 43.4 Å². The van der Waals surface area contributed by atoms with E-state index in [-0.39, 0.29) is 18.9 Å². The van der Waals surface area contributed by atoms with Crippen molar-refractivity contribution in [3.63, 3.8) is 0 Å². The fourth-order valence-electron chi connectivity index (χ4n) is 2.05. The van der Waals surface area contributed by atoms with Crippen LogP contribution in [-0.4, -0.2) is 62.6 Å². The average molecular weight is 313 g/mol. The molecule has 2 atom stereocenters. The Morgan fingerprint density at radius 3 is 2.32 bits per heavy atom. The molecule has 0 spiro atoms. The fraction of sp³-hybridized carbons (Fsp3) is 0.900. The summed E-state index contributed by atoms with van der Waals surface area (Å²) < 4.78 is 47.1. The maximum Gasteiger partial charge on any atom is 0.322 e. The van der Waals surface area contributed by atoms with Crippen LogP contribution in [0.4, 0.5) is 0 Å². The molecule has 1 fully saturated rings. The molecule has 0 aromatic heterocycles. The van der Waals surface area contributed by atoms with Gasteiger partial charge in [-0.15, -0.1) is 0 Å². The van der Waals surface area contributed by atoms with Crippen LogP contribution in [-0.2, 0) is 24.7 Å². The minimum absolute atomic E-state index is 0.129. The number of nitrogens with zero attached hydrogens (tertiary/aromatic N) is 1. The van der Waals surface area contributed by atoms with Gasteiger partial charge in [0, 0.05) is 12.8 Å². The summed E-state index contributed by atoms with van der Waals surface area (Å²) in [5.74, 6) is -2.10. The van der Waals surface area contributed by atoms with Gasteiger partial charge in [-0.3, -0.25) is 4.79 Å². The third kappa shape index (κ3) is 4.73. The molecular weight excluding hydrogens is 294 g/mol. The second-order valence-corrected chi connectivity index (χ2v) is 9.34. The van der Waals surface area contributed by atoms with Gasteiger partial charge in [-0.25, -0.2) is 16.8 Å². The number of carboxylic acid groups (broad SMARTS) is 1. The van der Waals surface area contributed by atoms with Gasteiger partial charge >= 0.3 is 5.97 Å². The summed E-state index contributed by atoms with van der Waals surface area (Å²) >= 11 is 0. The Hall–Kier alpha value is -0.670. The predicted molar refractivity (Wildman–Crippen MR) is 70.0 cm³/mol. The molecule has 1 aliphatic heterocycles. The molecule has 0 radical (unpaired) electrons. The summed E-state index contributed by atoms with van der Waals surface area (Å²) in [7, 11) is -7.26. The fourth-order valence-corrected chi connectivity index (χ4v) is 5.29. The van der Waals surface area contributed by atoms with E-state index in [0.717, 1.165) is 10.6 Å². The van der Waals surface area contributed by atoms with Crippen molar-refractivity contribution in [3.05, 3.63) is 0 Å². The number of carbonyl (C=O) groups is 1. The Morgan fingerprint density at radius 2 is 1.84 bits per heavy atom. The number of hydrogen-bond acceptors (Lipinski definition) is 5. The molecule has 1 heterocycles. The van der Waals surface area contributed by atoms with Gasteiger partial charge in [0.05, 0.1) is 11.5 Å². The molecule has 9 heteroatoms. The van der Waals surface area contributed by atoms with E-state index in [1.165, 1.54) is 0 Å². The van der Waals surface area contributed by atoms with Gasteiger partial charge in [-0.05, 0) is 18.8 Å². The van der Waals surface area contributed by atoms with Gasteiger partial charge in [0.1, 0.15) is 15.9 Å². The number of piperidine rings is 1. The first-order valence-electron chi connectivity index (χ1n) is 5.93. The highest BCUT2D eigenvalue weighted by Gasteiger charge is 2.38. The minimum atomic E-state index is -3.86. The largest absolute Gasteiger partial charge is 0.480 e. The van der Waals surface area contributed by atoms with Crippen LogP contribution in [0.1, 0.15) is 19.8 Å². The Kier molecular flexibility index (Phi) is 4.97. The molecule has 0 aromatic carbocycles. The lowest BCUT2D eigenvalue weighted by Gasteiger charge is -2.34. The van der Waals surface area contributed by atoms with Crippen molar-refractivity contribution in [3.8, 4) is 0 Å². The van der Waals surface area contributed by atoms with Crippen molar-refractivity contribution in [2.45, 2.75) is 25.8 Å². The third-order valence-corrected chi connectivity index (χ3v) is 6.25. The quantitative estimate of drug-likeness (QED) is 0.736. The zero-order valence-corrected chi connectivity index (χ0v) is 12.6. The van der Waals surface area contributed by atoms with Crippen molar-refractivity contribution >= 4 is 25.8 Å². The van der Waals surface area contributed by atoms with Crippen LogP contribution in [0.2, 0.25) is 0 Å². The average Bonchev–Trinajstić information content (AvgIpc) is 2.25. The van der Waals surface area contributed by atoms with Gasteiger partial charge in [-0.1, -0.05) is 6.92 Å². The van der Waals surface area contributed by atoms with Crippen LogP contribution in [0.5, 0.6) is 0 Å². The zero-order chi connectivity index (χ0) is 14.8. The molecular formula is C10H19NO6S2. The highest BCUT2D eigenvalue weighted by Crippen LogP contribution is 2.25. The zero-order valence-electron chi connectivity index (χ0n) is 10.9. The number of sulfone groups is 1. The lowest BCUT2D eigenvalue weighted by atomic mass is 9.94. The highest BCUT2D eigenvalue weighted by molar-refractivity contribution is 7.93. The predicted octanol–water partition coefficient (Wildman–Crippen LogP) is -0.454. The number of carboxylic acids is 1. The third-order valence-electron chi connectivity index (χ3n) is 3.17. The van der Waals surface area contributed by atoms with E-state index in [1.54, 1.807) is 0 Å². The lowest BCUT2D eigenvalue weighted by Crippen LogP contribution is -2.50. The maximum absolute atomic E-state index is 12.1. The van der Waals surface area contributed by atoms with Crippen molar-refractivity contribution in [2.75, 3.05) is 24.3 Å². The van der Waals surface area contributed by atoms with E-state index in [0.29, 0.717) is 6.42 Å². The number of hydrogen-bond donors (Lipinski definition) is 1. The van der Waals surface area contributed by atoms with E-state index in [2.05, 4.69) is 0 Å². The molecule has 1 aliphatic rings. The topological polar surface area (TPSA) is 109 Å². The number of aliphatic carboxylic acids is 1. The van der Waals surface area contributed by atoms with Crippen LogP contribution < -0.4 is 0 Å². The van der Waals surface area contributed by atoms with Crippen LogP contribution in [0.25, 0.3) is 0 Å². The minimum Gasteiger partial charge on any atom is -0.480 e. The van der Waals surface area contributed by atoms with Crippen LogP contribution in [0.3, 0.4) is 0 Å². The van der Waals surface area contributed by atoms with Crippen LogP contribution in [0, 0.1) is 5.92 Å². The van der Waals surface area contributed by atoms with Crippen LogP contribution >= 0.6 is 0 Å². The Labute approximate surface area is 113 Å². The smallest absolute Gasteiger partial charge is 0.322 e. The number of sulfonamides is 1. The molecule has 0 saturated carbocycles. The van der Waals surface area contributed by atoms with Gasteiger partial charge in [-0.2, -0.15) is 4.31 Å². The molecule has 112 valence electrons. The summed E-state index contributed by atoms with van der Waals surface area (Å²) in [5.41, 5.74) is 0. The summed E-state index contributed by atoms with van der Waals surface area (Å²) in [4.78, 5) is 11.1. The molecule has 0 aliphatic carbocycles. The first kappa shape index (κ1) is 16.4. The summed E-state index contributed by atoms with van der Waals surface area (Å²) in [5, 5.41) is 9.09. The normalized spacial score (nSPS) is 26.2. The molecule has 1 N–H and O–H groups in total. The van der Waals surface area contributed by atoms with Gasteiger partial charge in [0.15, 0.2) is 0 Å². The van der Waals surface area contributed by atoms with Crippen molar-refractivity contribution in [1.82, 2.24) is 4.31 Å². The van der Waals surface area contributed by atoms with E-state index >= 15 is 0 Å². The first-order chi connectivity index (χ1) is 8.53. The maximum atomic E-state index is 12.1. The van der Waals surface area contributed by atoms with Crippen LogP contribution in [0.15, 0.2) is 0 Å². The molecule has 0 bridgehead atoms. The highest BCUT2D eigenvalue weighted by atomic mass is 32.2. The molecule has 2 unspecified atom stereocenters. The second-order valence-electron chi connectivity index (χ2n) is 5.04. The molecule has 1 saturated heterocycles. The standard InChI is InChI=1S/C10H19NO6S2/c1-8-3-4-11(9(7-8)10(12)13)19(16,17)6-5-18(2,14)15/h8-9H,3-7H2,1-2H3,(H,12,13). The van der Waals surface area contributed by atoms with E-state index in [4.69, 9.17) is 5.11 Å². The second kappa shape index (κ2) is 5.76. The summed E-state index contributed by atoms with van der Waals surface area (Å²) in [6, 6.07) is -1.09. The SMILES string of the molecule is CC1CCN(S(=O)(=O)CCS(C)(=O)=O)C(C(=O)O)C1. The monoisotopic (exact) mass is 313 g/mol. The molecule has 19 heavy (non-hydrogen) atoms. The van der Waals surface area contributed by atoms with Gasteiger partial charge in [0.2, 0.25) is 10.0 Å². The Balaban J connectivity index is 2.89. The van der Waals surface area contributed by atoms with Gasteiger partial charge < -0.3 is 5.11 Å². The molecule has 0 aromatic rings. The lowest BCUT2D eigenvalue weighted by molar-refractivity contribution is -0.142. The Morgan fingerprint density at radius 1 is 1.26 bits per heavy atom. The molecule has 7 nitrogen and oxygen atoms in total. The van der Waals surface area contributed by atoms with Gasteiger partial charge in [0.25, 0.3) is 0 Å².